The third-order valence-electron chi connectivity index (χ3n) is 3.00. The molecule has 0 bridgehead atoms. The van der Waals surface area contributed by atoms with Gasteiger partial charge in [-0.3, -0.25) is 4.79 Å². The molecule has 6 heteroatoms. The topological polar surface area (TPSA) is 47.6 Å². The number of alkyl halides is 2. The number of hydrogen-bond donors (Lipinski definition) is 1. The molecule has 23 heavy (non-hydrogen) atoms. The molecule has 0 saturated carbocycles. The maximum Gasteiger partial charge on any atom is 0.387 e. The van der Waals surface area contributed by atoms with E-state index in [1.807, 2.05) is 13.0 Å². The lowest BCUT2D eigenvalue weighted by molar-refractivity contribution is -0.0514. The molecule has 0 radical (unpaired) electrons. The molecule has 0 aromatic heterocycles. The van der Waals surface area contributed by atoms with Gasteiger partial charge in [0.15, 0.2) is 11.5 Å². The van der Waals surface area contributed by atoms with E-state index in [-0.39, 0.29) is 24.0 Å². The Morgan fingerprint density at radius 1 is 1.17 bits per heavy atom. The predicted molar refractivity (Wildman–Crippen MR) is 83.4 cm³/mol. The molecule has 2 aromatic rings. The molecule has 0 aliphatic carbocycles. The Bertz CT molecular complexity index is 689. The molecular weight excluding hydrogens is 304 g/mol. The molecule has 0 saturated heterocycles. The van der Waals surface area contributed by atoms with Crippen LogP contribution >= 0.6 is 0 Å². The van der Waals surface area contributed by atoms with Crippen LogP contribution in [0.4, 0.5) is 14.5 Å². The molecule has 2 rings (SSSR count). The van der Waals surface area contributed by atoms with Crippen LogP contribution < -0.4 is 14.8 Å². The minimum atomic E-state index is -2.94. The van der Waals surface area contributed by atoms with Crippen LogP contribution in [0.2, 0.25) is 0 Å². The third-order valence-corrected chi connectivity index (χ3v) is 3.00. The highest BCUT2D eigenvalue weighted by Gasteiger charge is 2.13. The van der Waals surface area contributed by atoms with Gasteiger partial charge in [0.2, 0.25) is 0 Å². The van der Waals surface area contributed by atoms with Crippen LogP contribution in [0, 0.1) is 6.92 Å². The monoisotopic (exact) mass is 321 g/mol. The summed E-state index contributed by atoms with van der Waals surface area (Å²) in [6.07, 6.45) is 0. The van der Waals surface area contributed by atoms with Crippen molar-refractivity contribution in [1.82, 2.24) is 0 Å². The van der Waals surface area contributed by atoms with Crippen LogP contribution in [0.5, 0.6) is 11.5 Å². The third kappa shape index (κ3) is 4.67. The lowest BCUT2D eigenvalue weighted by Crippen LogP contribution is -2.12. The number of rotatable bonds is 6. The van der Waals surface area contributed by atoms with Gasteiger partial charge in [-0.15, -0.1) is 0 Å². The predicted octanol–water partition coefficient (Wildman–Crippen LogP) is 4.25. The summed E-state index contributed by atoms with van der Waals surface area (Å²) in [6.45, 7) is 0.960. The number of hydrogen-bond acceptors (Lipinski definition) is 3. The summed E-state index contributed by atoms with van der Waals surface area (Å²) in [6, 6.07) is 11.4. The minimum absolute atomic E-state index is 0.0737. The van der Waals surface area contributed by atoms with E-state index in [9.17, 15) is 13.6 Å². The molecule has 1 amide bonds. The van der Waals surface area contributed by atoms with Crippen molar-refractivity contribution in [3.63, 3.8) is 0 Å². The number of anilines is 1. The van der Waals surface area contributed by atoms with Crippen molar-refractivity contribution in [3.05, 3.63) is 53.6 Å². The van der Waals surface area contributed by atoms with E-state index < -0.39 is 6.61 Å². The smallest absolute Gasteiger partial charge is 0.387 e. The molecular formula is C17H17F2NO3. The average molecular weight is 321 g/mol. The highest BCUT2D eigenvalue weighted by molar-refractivity contribution is 6.04. The number of carbonyl (C=O) groups is 1. The minimum Gasteiger partial charge on any atom is -0.490 e. The molecule has 4 nitrogen and oxygen atoms in total. The molecule has 1 N–H and O–H groups in total. The first-order valence-corrected chi connectivity index (χ1v) is 7.09. The van der Waals surface area contributed by atoms with Crippen LogP contribution in [0.1, 0.15) is 22.8 Å². The number of carbonyl (C=O) groups excluding carboxylic acids is 1. The van der Waals surface area contributed by atoms with E-state index in [2.05, 4.69) is 10.1 Å². The summed E-state index contributed by atoms with van der Waals surface area (Å²) in [5, 5.41) is 2.70. The number of benzene rings is 2. The number of nitrogens with one attached hydrogen (secondary N) is 1. The van der Waals surface area contributed by atoms with Crippen LogP contribution in [-0.2, 0) is 0 Å². The van der Waals surface area contributed by atoms with Crippen LogP contribution in [0.15, 0.2) is 42.5 Å². The van der Waals surface area contributed by atoms with E-state index in [0.29, 0.717) is 11.3 Å². The van der Waals surface area contributed by atoms with Gasteiger partial charge in [0.1, 0.15) is 0 Å². The lowest BCUT2D eigenvalue weighted by atomic mass is 10.1. The standard InChI is InChI=1S/C17H17F2NO3/c1-3-22-15-10-13(7-8-14(15)23-17(18)19)20-16(21)12-6-4-5-11(2)9-12/h4-10,17H,3H2,1-2H3,(H,20,21). The fourth-order valence-electron chi connectivity index (χ4n) is 2.04. The molecule has 0 fully saturated rings. The zero-order valence-corrected chi connectivity index (χ0v) is 12.8. The van der Waals surface area contributed by atoms with Crippen LogP contribution in [0.3, 0.4) is 0 Å². The summed E-state index contributed by atoms with van der Waals surface area (Å²) < 4.78 is 34.4. The van der Waals surface area contributed by atoms with Gasteiger partial charge in [-0.25, -0.2) is 0 Å². The van der Waals surface area contributed by atoms with Crippen LogP contribution in [0.25, 0.3) is 0 Å². The van der Waals surface area contributed by atoms with Crippen molar-refractivity contribution >= 4 is 11.6 Å². The fourth-order valence-corrected chi connectivity index (χ4v) is 2.04. The molecule has 0 unspecified atom stereocenters. The summed E-state index contributed by atoms with van der Waals surface area (Å²) >= 11 is 0. The highest BCUT2D eigenvalue weighted by atomic mass is 19.3. The number of amides is 1. The second-order valence-corrected chi connectivity index (χ2v) is 4.80. The van der Waals surface area contributed by atoms with E-state index in [4.69, 9.17) is 4.74 Å². The van der Waals surface area contributed by atoms with Crippen molar-refractivity contribution in [2.75, 3.05) is 11.9 Å². The number of ether oxygens (including phenoxy) is 2. The molecule has 122 valence electrons. The number of aryl methyl sites for hydroxylation is 1. The van der Waals surface area contributed by atoms with Gasteiger partial charge < -0.3 is 14.8 Å². The molecule has 0 atom stereocenters. The molecule has 0 aliphatic rings. The van der Waals surface area contributed by atoms with Gasteiger partial charge in [-0.05, 0) is 38.1 Å². The maximum atomic E-state index is 12.4. The Morgan fingerprint density at radius 3 is 2.61 bits per heavy atom. The first-order chi connectivity index (χ1) is 11.0. The Balaban J connectivity index is 2.19. The van der Waals surface area contributed by atoms with Gasteiger partial charge in [-0.1, -0.05) is 17.7 Å². The summed E-state index contributed by atoms with van der Waals surface area (Å²) in [5.41, 5.74) is 1.91. The zero-order chi connectivity index (χ0) is 16.8. The SMILES string of the molecule is CCOc1cc(NC(=O)c2cccc(C)c2)ccc1OC(F)F. The second kappa shape index (κ2) is 7.58. The Kier molecular flexibility index (Phi) is 5.51. The summed E-state index contributed by atoms with van der Waals surface area (Å²) in [5.74, 6) is -0.219. The van der Waals surface area contributed by atoms with Crippen molar-refractivity contribution in [3.8, 4) is 11.5 Å². The Hall–Kier alpha value is -2.63. The molecule has 0 aliphatic heterocycles. The molecule has 0 heterocycles. The summed E-state index contributed by atoms with van der Waals surface area (Å²) in [4.78, 5) is 12.2. The second-order valence-electron chi connectivity index (χ2n) is 4.80. The van der Waals surface area contributed by atoms with Gasteiger partial charge in [0.05, 0.1) is 6.61 Å². The van der Waals surface area contributed by atoms with E-state index >= 15 is 0 Å². The van der Waals surface area contributed by atoms with Crippen LogP contribution in [-0.4, -0.2) is 19.1 Å². The first kappa shape index (κ1) is 16.7. The van der Waals surface area contributed by atoms with Gasteiger partial charge >= 0.3 is 6.61 Å². The van der Waals surface area contributed by atoms with E-state index in [1.165, 1.54) is 18.2 Å². The lowest BCUT2D eigenvalue weighted by Gasteiger charge is -2.13. The summed E-state index contributed by atoms with van der Waals surface area (Å²) in [7, 11) is 0. The van der Waals surface area contributed by atoms with Crippen molar-refractivity contribution in [1.29, 1.82) is 0 Å². The highest BCUT2D eigenvalue weighted by Crippen LogP contribution is 2.32. The Labute approximate surface area is 133 Å². The van der Waals surface area contributed by atoms with Crippen molar-refractivity contribution < 1.29 is 23.0 Å². The van der Waals surface area contributed by atoms with Crippen molar-refractivity contribution in [2.45, 2.75) is 20.5 Å². The quantitative estimate of drug-likeness (QED) is 0.865. The molecule has 0 spiro atoms. The van der Waals surface area contributed by atoms with Gasteiger partial charge in [-0.2, -0.15) is 8.78 Å². The first-order valence-electron chi connectivity index (χ1n) is 7.09. The van der Waals surface area contributed by atoms with Gasteiger partial charge in [0, 0.05) is 17.3 Å². The van der Waals surface area contributed by atoms with E-state index in [1.54, 1.807) is 25.1 Å². The zero-order valence-electron chi connectivity index (χ0n) is 12.8. The number of halogens is 2. The molecule has 2 aromatic carbocycles. The largest absolute Gasteiger partial charge is 0.490 e. The fraction of sp³-hybridized carbons (Fsp3) is 0.235. The van der Waals surface area contributed by atoms with Crippen molar-refractivity contribution in [2.24, 2.45) is 0 Å². The van der Waals surface area contributed by atoms with Gasteiger partial charge in [0.25, 0.3) is 5.91 Å². The Morgan fingerprint density at radius 2 is 1.96 bits per heavy atom. The maximum absolute atomic E-state index is 12.4. The average Bonchev–Trinajstić information content (AvgIpc) is 2.49. The van der Waals surface area contributed by atoms with E-state index in [0.717, 1.165) is 5.56 Å². The normalized spacial score (nSPS) is 10.5.